The minimum atomic E-state index is -0.569. The Morgan fingerprint density at radius 2 is 2.05 bits per heavy atom. The standard InChI is InChI=1S/C14H9ClFN3O/c15-9-1-3-10(4-2-9)19-13-8(6-20)5-11-14(12(13)16)18-7-17-11/h1-7,19H,(H,17,18). The van der Waals surface area contributed by atoms with Gasteiger partial charge in [0.05, 0.1) is 17.5 Å². The van der Waals surface area contributed by atoms with E-state index in [2.05, 4.69) is 15.3 Å². The molecule has 0 radical (unpaired) electrons. The van der Waals surface area contributed by atoms with Gasteiger partial charge in [-0.25, -0.2) is 9.37 Å². The first kappa shape index (κ1) is 12.6. The number of anilines is 2. The molecule has 1 heterocycles. The minimum absolute atomic E-state index is 0.0990. The van der Waals surface area contributed by atoms with Gasteiger partial charge in [0.2, 0.25) is 0 Å². The van der Waals surface area contributed by atoms with Gasteiger partial charge in [-0.05, 0) is 30.3 Å². The molecule has 0 aliphatic rings. The number of fused-ring (bicyclic) bond motifs is 1. The number of hydrogen-bond acceptors (Lipinski definition) is 3. The molecule has 100 valence electrons. The lowest BCUT2D eigenvalue weighted by atomic mass is 10.1. The molecule has 2 N–H and O–H groups in total. The van der Waals surface area contributed by atoms with Gasteiger partial charge in [0.1, 0.15) is 5.52 Å². The number of imidazole rings is 1. The number of aromatic nitrogens is 2. The van der Waals surface area contributed by atoms with Crippen molar-refractivity contribution in [1.82, 2.24) is 9.97 Å². The lowest BCUT2D eigenvalue weighted by molar-refractivity contribution is 0.112. The highest BCUT2D eigenvalue weighted by molar-refractivity contribution is 6.30. The van der Waals surface area contributed by atoms with Gasteiger partial charge in [-0.15, -0.1) is 0 Å². The van der Waals surface area contributed by atoms with E-state index in [0.717, 1.165) is 0 Å². The summed E-state index contributed by atoms with van der Waals surface area (Å²) in [5.41, 5.74) is 1.61. The van der Waals surface area contributed by atoms with Crippen LogP contribution in [0.1, 0.15) is 10.4 Å². The van der Waals surface area contributed by atoms with E-state index in [9.17, 15) is 9.18 Å². The van der Waals surface area contributed by atoms with Gasteiger partial charge in [0.25, 0.3) is 0 Å². The number of carbonyl (C=O) groups excluding carboxylic acids is 1. The number of benzene rings is 2. The van der Waals surface area contributed by atoms with Crippen molar-refractivity contribution in [1.29, 1.82) is 0 Å². The molecule has 20 heavy (non-hydrogen) atoms. The number of H-pyrrole nitrogens is 1. The highest BCUT2D eigenvalue weighted by Gasteiger charge is 2.15. The SMILES string of the molecule is O=Cc1cc2[nH]cnc2c(F)c1Nc1ccc(Cl)cc1. The van der Waals surface area contributed by atoms with Crippen molar-refractivity contribution in [2.24, 2.45) is 0 Å². The Kier molecular flexibility index (Phi) is 3.12. The predicted octanol–water partition coefficient (Wildman–Crippen LogP) is 3.91. The molecule has 0 spiro atoms. The highest BCUT2D eigenvalue weighted by Crippen LogP contribution is 2.29. The quantitative estimate of drug-likeness (QED) is 0.719. The van der Waals surface area contributed by atoms with Crippen LogP contribution in [-0.2, 0) is 0 Å². The van der Waals surface area contributed by atoms with Crippen LogP contribution in [0.3, 0.4) is 0 Å². The van der Waals surface area contributed by atoms with E-state index in [4.69, 9.17) is 11.6 Å². The zero-order valence-corrected chi connectivity index (χ0v) is 10.9. The van der Waals surface area contributed by atoms with Gasteiger partial charge in [-0.2, -0.15) is 0 Å². The van der Waals surface area contributed by atoms with Crippen LogP contribution in [0.25, 0.3) is 11.0 Å². The number of carbonyl (C=O) groups is 1. The zero-order valence-electron chi connectivity index (χ0n) is 10.2. The van der Waals surface area contributed by atoms with E-state index >= 15 is 0 Å². The van der Waals surface area contributed by atoms with Crippen molar-refractivity contribution >= 4 is 40.3 Å². The number of aromatic amines is 1. The number of nitrogens with one attached hydrogen (secondary N) is 2. The van der Waals surface area contributed by atoms with E-state index in [1.807, 2.05) is 0 Å². The summed E-state index contributed by atoms with van der Waals surface area (Å²) in [5.74, 6) is -0.569. The van der Waals surface area contributed by atoms with E-state index in [0.29, 0.717) is 22.5 Å². The van der Waals surface area contributed by atoms with Crippen LogP contribution < -0.4 is 5.32 Å². The maximum absolute atomic E-state index is 14.4. The molecule has 0 saturated heterocycles. The molecule has 0 saturated carbocycles. The van der Waals surface area contributed by atoms with E-state index in [-0.39, 0.29) is 16.8 Å². The third-order valence-electron chi connectivity index (χ3n) is 2.93. The number of rotatable bonds is 3. The summed E-state index contributed by atoms with van der Waals surface area (Å²) in [4.78, 5) is 17.8. The Bertz CT molecular complexity index is 783. The average Bonchev–Trinajstić information content (AvgIpc) is 2.92. The molecule has 1 aromatic heterocycles. The second kappa shape index (κ2) is 4.94. The van der Waals surface area contributed by atoms with Crippen molar-refractivity contribution < 1.29 is 9.18 Å². The Morgan fingerprint density at radius 1 is 1.30 bits per heavy atom. The number of halogens is 2. The van der Waals surface area contributed by atoms with Crippen LogP contribution in [0.4, 0.5) is 15.8 Å². The second-order valence-electron chi connectivity index (χ2n) is 4.20. The van der Waals surface area contributed by atoms with Crippen molar-refractivity contribution in [3.63, 3.8) is 0 Å². The van der Waals surface area contributed by atoms with Gasteiger partial charge >= 0.3 is 0 Å². The molecule has 0 unspecified atom stereocenters. The van der Waals surface area contributed by atoms with Gasteiger partial charge in [-0.1, -0.05) is 11.6 Å². The first-order chi connectivity index (χ1) is 9.69. The number of hydrogen-bond donors (Lipinski definition) is 2. The largest absolute Gasteiger partial charge is 0.352 e. The zero-order chi connectivity index (χ0) is 14.1. The Hall–Kier alpha value is -2.40. The molecule has 0 aliphatic carbocycles. The Morgan fingerprint density at radius 3 is 2.75 bits per heavy atom. The maximum Gasteiger partial charge on any atom is 0.175 e. The smallest absolute Gasteiger partial charge is 0.175 e. The molecule has 0 fully saturated rings. The molecule has 3 aromatic rings. The summed E-state index contributed by atoms with van der Waals surface area (Å²) in [7, 11) is 0. The number of aldehydes is 1. The predicted molar refractivity (Wildman–Crippen MR) is 76.2 cm³/mol. The Balaban J connectivity index is 2.11. The fourth-order valence-electron chi connectivity index (χ4n) is 1.96. The summed E-state index contributed by atoms with van der Waals surface area (Å²) in [5, 5.41) is 3.46. The van der Waals surface area contributed by atoms with E-state index in [1.54, 1.807) is 30.3 Å². The van der Waals surface area contributed by atoms with Crippen molar-refractivity contribution in [2.45, 2.75) is 0 Å². The van der Waals surface area contributed by atoms with Gasteiger partial charge in [0.15, 0.2) is 12.1 Å². The summed E-state index contributed by atoms with van der Waals surface area (Å²) < 4.78 is 14.4. The third kappa shape index (κ3) is 2.12. The molecule has 0 atom stereocenters. The molecule has 0 aliphatic heterocycles. The lowest BCUT2D eigenvalue weighted by Gasteiger charge is -2.10. The fraction of sp³-hybridized carbons (Fsp3) is 0. The molecule has 2 aromatic carbocycles. The van der Waals surface area contributed by atoms with Crippen LogP contribution in [0, 0.1) is 5.82 Å². The Labute approximate surface area is 118 Å². The van der Waals surface area contributed by atoms with Crippen LogP contribution in [0.5, 0.6) is 0 Å². The lowest BCUT2D eigenvalue weighted by Crippen LogP contribution is -2.00. The first-order valence-corrected chi connectivity index (χ1v) is 6.20. The summed E-state index contributed by atoms with van der Waals surface area (Å²) in [6, 6.07) is 8.30. The first-order valence-electron chi connectivity index (χ1n) is 5.82. The van der Waals surface area contributed by atoms with E-state index < -0.39 is 5.82 Å². The van der Waals surface area contributed by atoms with Gasteiger partial charge in [0, 0.05) is 16.3 Å². The summed E-state index contributed by atoms with van der Waals surface area (Å²) in [6.45, 7) is 0. The molecule has 0 bridgehead atoms. The summed E-state index contributed by atoms with van der Waals surface area (Å²) in [6.07, 6.45) is 1.98. The van der Waals surface area contributed by atoms with Crippen molar-refractivity contribution in [3.8, 4) is 0 Å². The van der Waals surface area contributed by atoms with Crippen LogP contribution in [-0.4, -0.2) is 16.3 Å². The second-order valence-corrected chi connectivity index (χ2v) is 4.64. The fourth-order valence-corrected chi connectivity index (χ4v) is 2.09. The van der Waals surface area contributed by atoms with Gasteiger partial charge in [-0.3, -0.25) is 4.79 Å². The molecule has 3 rings (SSSR count). The molecule has 6 heteroatoms. The highest BCUT2D eigenvalue weighted by atomic mass is 35.5. The maximum atomic E-state index is 14.4. The van der Waals surface area contributed by atoms with Gasteiger partial charge < -0.3 is 10.3 Å². The molecular weight excluding hydrogens is 281 g/mol. The third-order valence-corrected chi connectivity index (χ3v) is 3.18. The molecule has 0 amide bonds. The molecule has 4 nitrogen and oxygen atoms in total. The summed E-state index contributed by atoms with van der Waals surface area (Å²) >= 11 is 5.80. The van der Waals surface area contributed by atoms with Crippen LogP contribution >= 0.6 is 11.6 Å². The topological polar surface area (TPSA) is 57.8 Å². The van der Waals surface area contributed by atoms with Crippen molar-refractivity contribution in [3.05, 3.63) is 53.1 Å². The monoisotopic (exact) mass is 289 g/mol. The average molecular weight is 290 g/mol. The van der Waals surface area contributed by atoms with Crippen LogP contribution in [0.15, 0.2) is 36.7 Å². The minimum Gasteiger partial charge on any atom is -0.352 e. The van der Waals surface area contributed by atoms with E-state index in [1.165, 1.54) is 6.33 Å². The molecular formula is C14H9ClFN3O. The normalized spacial score (nSPS) is 10.7. The number of nitrogens with zero attached hydrogens (tertiary/aromatic N) is 1. The van der Waals surface area contributed by atoms with Crippen molar-refractivity contribution in [2.75, 3.05) is 5.32 Å². The van der Waals surface area contributed by atoms with Crippen LogP contribution in [0.2, 0.25) is 5.02 Å².